The van der Waals surface area contributed by atoms with Crippen molar-refractivity contribution in [2.75, 3.05) is 32.8 Å². The van der Waals surface area contributed by atoms with E-state index in [1.165, 1.54) is 0 Å². The van der Waals surface area contributed by atoms with E-state index in [1.807, 2.05) is 17.0 Å². The first-order valence-corrected chi connectivity index (χ1v) is 9.03. The molecule has 1 aromatic rings. The first kappa shape index (κ1) is 16.4. The minimum Gasteiger partial charge on any atom is -0.468 e. The molecular weight excluding hydrogens is 324 g/mol. The lowest BCUT2D eigenvalue weighted by Gasteiger charge is -2.39. The summed E-state index contributed by atoms with van der Waals surface area (Å²) in [4.78, 5) is 28.3. The molecule has 0 radical (unpaired) electrons. The highest BCUT2D eigenvalue weighted by Gasteiger charge is 2.46. The van der Waals surface area contributed by atoms with Crippen LogP contribution < -0.4 is 0 Å². The lowest BCUT2D eigenvalue weighted by Crippen LogP contribution is -2.51. The van der Waals surface area contributed by atoms with Gasteiger partial charge < -0.3 is 18.8 Å². The van der Waals surface area contributed by atoms with Gasteiger partial charge in [-0.15, -0.1) is 0 Å². The number of cyclic esters (lactones) is 1. The summed E-state index contributed by atoms with van der Waals surface area (Å²) in [5.74, 6) is 1.21. The van der Waals surface area contributed by atoms with Gasteiger partial charge in [-0.2, -0.15) is 0 Å². The minimum atomic E-state index is -0.583. The Hall–Kier alpha value is -2.02. The Labute approximate surface area is 146 Å². The van der Waals surface area contributed by atoms with Gasteiger partial charge in [0.05, 0.1) is 18.7 Å². The molecule has 4 heterocycles. The third kappa shape index (κ3) is 3.51. The van der Waals surface area contributed by atoms with E-state index >= 15 is 0 Å². The highest BCUT2D eigenvalue weighted by Crippen LogP contribution is 2.32. The van der Waals surface area contributed by atoms with E-state index in [4.69, 9.17) is 13.9 Å². The Balaban J connectivity index is 1.31. The number of ether oxygens (including phenoxy) is 2. The van der Waals surface area contributed by atoms with E-state index in [9.17, 15) is 9.59 Å². The highest BCUT2D eigenvalue weighted by molar-refractivity contribution is 5.79. The SMILES string of the molecule is O=C1OCC2(CCN(C(=O)[C@@H]3CCCN(Cc4ccco4)C3)CC2)O1. The predicted molar refractivity (Wildman–Crippen MR) is 87.7 cm³/mol. The molecule has 3 saturated heterocycles. The molecule has 4 rings (SSSR count). The summed E-state index contributed by atoms with van der Waals surface area (Å²) in [5.41, 5.74) is -0.508. The number of rotatable bonds is 3. The van der Waals surface area contributed by atoms with Gasteiger partial charge in [0.1, 0.15) is 12.4 Å². The maximum atomic E-state index is 12.9. The zero-order valence-corrected chi connectivity index (χ0v) is 14.3. The Kier molecular flexibility index (Phi) is 4.41. The molecule has 3 fully saturated rings. The van der Waals surface area contributed by atoms with Crippen molar-refractivity contribution in [1.82, 2.24) is 9.80 Å². The van der Waals surface area contributed by atoms with Crippen molar-refractivity contribution in [3.05, 3.63) is 24.2 Å². The molecule has 0 unspecified atom stereocenters. The van der Waals surface area contributed by atoms with Crippen LogP contribution in [0.1, 0.15) is 31.4 Å². The van der Waals surface area contributed by atoms with E-state index in [1.54, 1.807) is 6.26 Å². The fourth-order valence-corrected chi connectivity index (χ4v) is 4.09. The molecule has 1 atom stereocenters. The van der Waals surface area contributed by atoms with E-state index in [2.05, 4.69) is 4.90 Å². The first-order chi connectivity index (χ1) is 12.1. The van der Waals surface area contributed by atoms with Crippen molar-refractivity contribution in [2.24, 2.45) is 5.92 Å². The van der Waals surface area contributed by atoms with Gasteiger partial charge in [-0.25, -0.2) is 4.79 Å². The summed E-state index contributed by atoms with van der Waals surface area (Å²) >= 11 is 0. The van der Waals surface area contributed by atoms with Crippen LogP contribution in [0.3, 0.4) is 0 Å². The summed E-state index contributed by atoms with van der Waals surface area (Å²) < 4.78 is 15.7. The molecule has 136 valence electrons. The number of hydrogen-bond donors (Lipinski definition) is 0. The van der Waals surface area contributed by atoms with Gasteiger partial charge in [0.2, 0.25) is 5.91 Å². The predicted octanol–water partition coefficient (Wildman–Crippen LogP) is 2.02. The molecule has 7 nitrogen and oxygen atoms in total. The smallest absolute Gasteiger partial charge is 0.468 e. The first-order valence-electron chi connectivity index (χ1n) is 9.03. The second-order valence-corrected chi connectivity index (χ2v) is 7.30. The third-order valence-electron chi connectivity index (χ3n) is 5.55. The Morgan fingerprint density at radius 1 is 1.28 bits per heavy atom. The summed E-state index contributed by atoms with van der Waals surface area (Å²) in [5, 5.41) is 0. The van der Waals surface area contributed by atoms with Gasteiger partial charge in [0.15, 0.2) is 5.60 Å². The fraction of sp³-hybridized carbons (Fsp3) is 0.667. The zero-order chi connectivity index (χ0) is 17.3. The standard InChI is InChI=1S/C18H24N2O5/c21-16(20-8-5-18(6-9-20)13-24-17(22)25-18)14-3-1-7-19(11-14)12-15-4-2-10-23-15/h2,4,10,14H,1,3,5-9,11-13H2/t14-/m1/s1. The summed E-state index contributed by atoms with van der Waals surface area (Å²) in [6, 6.07) is 3.87. The van der Waals surface area contributed by atoms with Crippen LogP contribution in [0.25, 0.3) is 0 Å². The number of furan rings is 1. The average molecular weight is 348 g/mol. The number of carbonyl (C=O) groups is 2. The monoisotopic (exact) mass is 348 g/mol. The third-order valence-corrected chi connectivity index (χ3v) is 5.55. The van der Waals surface area contributed by atoms with Crippen LogP contribution in [-0.4, -0.2) is 60.2 Å². The maximum Gasteiger partial charge on any atom is 0.509 e. The van der Waals surface area contributed by atoms with Crippen molar-refractivity contribution in [3.63, 3.8) is 0 Å². The Morgan fingerprint density at radius 2 is 2.12 bits per heavy atom. The Morgan fingerprint density at radius 3 is 2.80 bits per heavy atom. The molecule has 7 heteroatoms. The van der Waals surface area contributed by atoms with Crippen LogP contribution in [0.2, 0.25) is 0 Å². The summed E-state index contributed by atoms with van der Waals surface area (Å²) in [6.07, 6.45) is 4.39. The summed E-state index contributed by atoms with van der Waals surface area (Å²) in [7, 11) is 0. The van der Waals surface area contributed by atoms with Crippen LogP contribution in [0.4, 0.5) is 4.79 Å². The molecule has 25 heavy (non-hydrogen) atoms. The molecule has 0 N–H and O–H groups in total. The largest absolute Gasteiger partial charge is 0.509 e. The molecule has 0 aromatic carbocycles. The lowest BCUT2D eigenvalue weighted by atomic mass is 9.90. The van der Waals surface area contributed by atoms with Crippen LogP contribution in [0.5, 0.6) is 0 Å². The van der Waals surface area contributed by atoms with Gasteiger partial charge >= 0.3 is 6.16 Å². The zero-order valence-electron chi connectivity index (χ0n) is 14.3. The minimum absolute atomic E-state index is 0.0418. The van der Waals surface area contributed by atoms with Crippen molar-refractivity contribution in [3.8, 4) is 0 Å². The fourth-order valence-electron chi connectivity index (χ4n) is 4.09. The summed E-state index contributed by atoms with van der Waals surface area (Å²) in [6.45, 7) is 4.11. The highest BCUT2D eigenvalue weighted by atomic mass is 16.8. The lowest BCUT2D eigenvalue weighted by molar-refractivity contribution is -0.141. The second-order valence-electron chi connectivity index (χ2n) is 7.30. The van der Waals surface area contributed by atoms with Gasteiger partial charge in [0, 0.05) is 32.5 Å². The topological polar surface area (TPSA) is 72.2 Å². The van der Waals surface area contributed by atoms with Crippen LogP contribution in [-0.2, 0) is 20.8 Å². The normalized spacial score (nSPS) is 26.5. The van der Waals surface area contributed by atoms with Gasteiger partial charge in [-0.3, -0.25) is 9.69 Å². The number of carbonyl (C=O) groups excluding carboxylic acids is 2. The molecule has 0 saturated carbocycles. The van der Waals surface area contributed by atoms with E-state index < -0.39 is 11.8 Å². The number of piperidine rings is 2. The average Bonchev–Trinajstić information content (AvgIpc) is 3.26. The molecule has 3 aliphatic rings. The molecule has 0 bridgehead atoms. The second kappa shape index (κ2) is 6.71. The quantitative estimate of drug-likeness (QED) is 0.778. The molecule has 1 spiro atoms. The van der Waals surface area contributed by atoms with Crippen molar-refractivity contribution in [1.29, 1.82) is 0 Å². The van der Waals surface area contributed by atoms with Crippen LogP contribution in [0, 0.1) is 5.92 Å². The van der Waals surface area contributed by atoms with Crippen molar-refractivity contribution in [2.45, 2.75) is 37.8 Å². The van der Waals surface area contributed by atoms with Crippen molar-refractivity contribution >= 4 is 12.1 Å². The van der Waals surface area contributed by atoms with Gasteiger partial charge in [-0.05, 0) is 31.5 Å². The van der Waals surface area contributed by atoms with Crippen LogP contribution >= 0.6 is 0 Å². The maximum absolute atomic E-state index is 12.9. The van der Waals surface area contributed by atoms with E-state index in [0.717, 1.165) is 38.2 Å². The molecule has 0 aliphatic carbocycles. The molecule has 1 aromatic heterocycles. The van der Waals surface area contributed by atoms with E-state index in [-0.39, 0.29) is 11.8 Å². The Bertz CT molecular complexity index is 621. The molecule has 1 amide bonds. The van der Waals surface area contributed by atoms with Crippen molar-refractivity contribution < 1.29 is 23.5 Å². The number of nitrogens with zero attached hydrogens (tertiary/aromatic N) is 2. The van der Waals surface area contributed by atoms with Gasteiger partial charge in [-0.1, -0.05) is 0 Å². The van der Waals surface area contributed by atoms with Gasteiger partial charge in [0.25, 0.3) is 0 Å². The van der Waals surface area contributed by atoms with E-state index in [0.29, 0.717) is 32.5 Å². The molecule has 3 aliphatic heterocycles. The number of hydrogen-bond acceptors (Lipinski definition) is 6. The molecular formula is C18H24N2O5. The van der Waals surface area contributed by atoms with Crippen LogP contribution in [0.15, 0.2) is 22.8 Å². The number of amides is 1. The number of likely N-dealkylation sites (tertiary alicyclic amines) is 2.